The van der Waals surface area contributed by atoms with E-state index in [2.05, 4.69) is 5.10 Å². The van der Waals surface area contributed by atoms with Gasteiger partial charge in [-0.05, 0) is 55.8 Å². The molecule has 0 saturated carbocycles. The van der Waals surface area contributed by atoms with Crippen LogP contribution in [0.15, 0.2) is 53.6 Å². The second kappa shape index (κ2) is 10.7. The smallest absolute Gasteiger partial charge is 0.282 e. The Bertz CT molecular complexity index is 1540. The van der Waals surface area contributed by atoms with Gasteiger partial charge in [0.2, 0.25) is 0 Å². The predicted octanol–water partition coefficient (Wildman–Crippen LogP) is 3.40. The second-order valence-corrected chi connectivity index (χ2v) is 9.54. The van der Waals surface area contributed by atoms with Gasteiger partial charge in [-0.3, -0.25) is 24.5 Å². The van der Waals surface area contributed by atoms with Crippen LogP contribution >= 0.6 is 0 Å². The van der Waals surface area contributed by atoms with Gasteiger partial charge in [0.15, 0.2) is 18.1 Å². The van der Waals surface area contributed by atoms with Gasteiger partial charge in [0.25, 0.3) is 23.4 Å². The van der Waals surface area contributed by atoms with Crippen molar-refractivity contribution in [3.8, 4) is 11.5 Å². The van der Waals surface area contributed by atoms with Crippen molar-refractivity contribution in [3.63, 3.8) is 0 Å². The van der Waals surface area contributed by atoms with E-state index >= 15 is 0 Å². The second-order valence-electron chi connectivity index (χ2n) is 9.54. The Morgan fingerprint density at radius 2 is 1.77 bits per heavy atom. The lowest BCUT2D eigenvalue weighted by Crippen LogP contribution is -2.49. The Balaban J connectivity index is 1.33. The summed E-state index contributed by atoms with van der Waals surface area (Å²) in [5.41, 5.74) is 0.592. The third kappa shape index (κ3) is 4.96. The summed E-state index contributed by atoms with van der Waals surface area (Å²) < 4.78 is 16.8. The molecule has 2 aliphatic heterocycles. The molecule has 2 heterocycles. The molecule has 2 unspecified atom stereocenters. The third-order valence-electron chi connectivity index (χ3n) is 6.69. The molecule has 1 saturated heterocycles. The number of morpholine rings is 1. The number of nitro benzene ring substituents is 1. The molecule has 0 aliphatic carbocycles. The molecule has 3 aromatic carbocycles. The third-order valence-corrected chi connectivity index (χ3v) is 6.69. The standard InChI is InChI=1S/C28H26N4O8/c1-16-13-30(14-17(2)40-16)25(33)15-39-23-10-7-18(11-24(23)38-3)12-29-31-27(34)20-6-4-5-19-22(32(36)37)9-8-21(26(19)20)28(31)35/h4-12,16-17H,13-15H2,1-3H3. The van der Waals surface area contributed by atoms with Crippen LogP contribution < -0.4 is 9.47 Å². The van der Waals surface area contributed by atoms with Crippen molar-refractivity contribution < 1.29 is 33.5 Å². The van der Waals surface area contributed by atoms with Crippen molar-refractivity contribution in [2.24, 2.45) is 5.10 Å². The molecule has 12 nitrogen and oxygen atoms in total. The zero-order valence-electron chi connectivity index (χ0n) is 22.0. The predicted molar refractivity (Wildman–Crippen MR) is 144 cm³/mol. The van der Waals surface area contributed by atoms with Gasteiger partial charge in [-0.1, -0.05) is 6.07 Å². The summed E-state index contributed by atoms with van der Waals surface area (Å²) >= 11 is 0. The molecule has 3 aromatic rings. The average molecular weight is 547 g/mol. The number of ether oxygens (including phenoxy) is 3. The minimum atomic E-state index is -0.697. The molecule has 1 fully saturated rings. The number of imide groups is 1. The number of carbonyl (C=O) groups is 3. The van der Waals surface area contributed by atoms with Crippen LogP contribution in [0, 0.1) is 10.1 Å². The number of methoxy groups -OCH3 is 1. The van der Waals surface area contributed by atoms with Crippen LogP contribution in [-0.4, -0.2) is 77.8 Å². The molecule has 3 amide bonds. The molecule has 206 valence electrons. The van der Waals surface area contributed by atoms with Gasteiger partial charge in [-0.15, -0.1) is 0 Å². The first-order chi connectivity index (χ1) is 19.2. The first-order valence-corrected chi connectivity index (χ1v) is 12.5. The van der Waals surface area contributed by atoms with Crippen molar-refractivity contribution in [1.29, 1.82) is 0 Å². The Labute approximate surface area is 228 Å². The summed E-state index contributed by atoms with van der Waals surface area (Å²) in [4.78, 5) is 51.5. The van der Waals surface area contributed by atoms with Gasteiger partial charge in [-0.2, -0.15) is 10.1 Å². The fourth-order valence-electron chi connectivity index (χ4n) is 4.95. The molecule has 2 aliphatic rings. The number of benzene rings is 3. The number of hydrogen-bond donors (Lipinski definition) is 0. The first kappa shape index (κ1) is 26.8. The Morgan fingerprint density at radius 3 is 2.45 bits per heavy atom. The number of nitro groups is 1. The highest BCUT2D eigenvalue weighted by molar-refractivity contribution is 6.26. The maximum absolute atomic E-state index is 13.1. The van der Waals surface area contributed by atoms with E-state index in [9.17, 15) is 24.5 Å². The summed E-state index contributed by atoms with van der Waals surface area (Å²) in [6, 6.07) is 11.9. The van der Waals surface area contributed by atoms with E-state index in [-0.39, 0.29) is 52.3 Å². The lowest BCUT2D eigenvalue weighted by atomic mass is 9.94. The maximum atomic E-state index is 13.1. The molecular weight excluding hydrogens is 520 g/mol. The quantitative estimate of drug-likeness (QED) is 0.190. The zero-order chi connectivity index (χ0) is 28.6. The average Bonchev–Trinajstić information content (AvgIpc) is 2.93. The maximum Gasteiger partial charge on any atom is 0.282 e. The Kier molecular flexibility index (Phi) is 7.18. The van der Waals surface area contributed by atoms with E-state index in [1.807, 2.05) is 13.8 Å². The highest BCUT2D eigenvalue weighted by Gasteiger charge is 2.35. The fraction of sp³-hybridized carbons (Fsp3) is 0.286. The number of hydrogen-bond acceptors (Lipinski definition) is 9. The van der Waals surface area contributed by atoms with E-state index in [1.165, 1.54) is 43.7 Å². The SMILES string of the molecule is COc1cc(C=NN2C(=O)c3cccc4c([N+](=O)[O-])ccc(c34)C2=O)ccc1OCC(=O)N1CC(C)OC(C)C1. The van der Waals surface area contributed by atoms with Crippen molar-refractivity contribution in [2.75, 3.05) is 26.8 Å². The summed E-state index contributed by atoms with van der Waals surface area (Å²) in [6.45, 7) is 4.63. The number of rotatable bonds is 7. The lowest BCUT2D eigenvalue weighted by Gasteiger charge is -2.35. The highest BCUT2D eigenvalue weighted by Crippen LogP contribution is 2.35. The van der Waals surface area contributed by atoms with Crippen molar-refractivity contribution in [1.82, 2.24) is 9.91 Å². The largest absolute Gasteiger partial charge is 0.493 e. The van der Waals surface area contributed by atoms with Gasteiger partial charge in [0.05, 0.1) is 47.0 Å². The molecule has 5 rings (SSSR count). The first-order valence-electron chi connectivity index (χ1n) is 12.5. The monoisotopic (exact) mass is 546 g/mol. The molecule has 0 radical (unpaired) electrons. The van der Waals surface area contributed by atoms with Gasteiger partial charge < -0.3 is 19.1 Å². The van der Waals surface area contributed by atoms with Crippen molar-refractivity contribution in [3.05, 3.63) is 75.3 Å². The number of non-ortho nitro benzene ring substituents is 1. The molecule has 12 heteroatoms. The summed E-state index contributed by atoms with van der Waals surface area (Å²) in [7, 11) is 1.45. The van der Waals surface area contributed by atoms with Crippen LogP contribution in [-0.2, 0) is 9.53 Å². The fourth-order valence-corrected chi connectivity index (χ4v) is 4.95. The molecule has 0 aromatic heterocycles. The molecule has 0 bridgehead atoms. The van der Waals surface area contributed by atoms with Crippen LogP contribution in [0.1, 0.15) is 40.1 Å². The minimum Gasteiger partial charge on any atom is -0.493 e. The van der Waals surface area contributed by atoms with Crippen LogP contribution in [0.3, 0.4) is 0 Å². The minimum absolute atomic E-state index is 0.0561. The molecule has 40 heavy (non-hydrogen) atoms. The van der Waals surface area contributed by atoms with Crippen LogP contribution in [0.4, 0.5) is 5.69 Å². The van der Waals surface area contributed by atoms with Crippen LogP contribution in [0.2, 0.25) is 0 Å². The number of carbonyl (C=O) groups excluding carboxylic acids is 3. The van der Waals surface area contributed by atoms with Gasteiger partial charge in [-0.25, -0.2) is 0 Å². The Hall–Kier alpha value is -4.84. The van der Waals surface area contributed by atoms with E-state index in [1.54, 1.807) is 23.1 Å². The van der Waals surface area contributed by atoms with E-state index in [0.29, 0.717) is 30.2 Å². The number of amides is 3. The van der Waals surface area contributed by atoms with Gasteiger partial charge in [0.1, 0.15) is 0 Å². The van der Waals surface area contributed by atoms with E-state index in [0.717, 1.165) is 5.01 Å². The normalized spacial score (nSPS) is 18.9. The summed E-state index contributed by atoms with van der Waals surface area (Å²) in [5.74, 6) is -0.889. The van der Waals surface area contributed by atoms with Crippen LogP contribution in [0.5, 0.6) is 11.5 Å². The molecule has 0 spiro atoms. The van der Waals surface area contributed by atoms with Crippen molar-refractivity contribution >= 4 is 40.4 Å². The van der Waals surface area contributed by atoms with Gasteiger partial charge >= 0.3 is 0 Å². The summed E-state index contributed by atoms with van der Waals surface area (Å²) in [5, 5.41) is 16.7. The van der Waals surface area contributed by atoms with Crippen molar-refractivity contribution in [2.45, 2.75) is 26.1 Å². The number of nitrogens with zero attached hydrogens (tertiary/aromatic N) is 4. The van der Waals surface area contributed by atoms with Crippen LogP contribution in [0.25, 0.3) is 10.8 Å². The summed E-state index contributed by atoms with van der Waals surface area (Å²) in [6.07, 6.45) is 1.21. The van der Waals surface area contributed by atoms with E-state index < -0.39 is 16.7 Å². The Morgan fingerprint density at radius 1 is 1.07 bits per heavy atom. The zero-order valence-corrected chi connectivity index (χ0v) is 22.0. The molecule has 2 atom stereocenters. The molecular formula is C28H26N4O8. The van der Waals surface area contributed by atoms with E-state index in [4.69, 9.17) is 14.2 Å². The topological polar surface area (TPSA) is 141 Å². The molecule has 0 N–H and O–H groups in total. The number of hydrazone groups is 1. The lowest BCUT2D eigenvalue weighted by molar-refractivity contribution is -0.383. The van der Waals surface area contributed by atoms with Gasteiger partial charge in [0, 0.05) is 24.5 Å². The highest BCUT2D eigenvalue weighted by atomic mass is 16.6.